The Kier molecular flexibility index (Phi) is 12.2. The van der Waals surface area contributed by atoms with E-state index < -0.39 is 44.7 Å². The molecule has 0 spiro atoms. The number of ether oxygens (including phenoxy) is 2. The molecule has 45 heavy (non-hydrogen) atoms. The maximum absolute atomic E-state index is 13.2. The summed E-state index contributed by atoms with van der Waals surface area (Å²) in [6, 6.07) is 11.7. The number of furan rings is 1. The Morgan fingerprint density at radius 2 is 1.78 bits per heavy atom. The van der Waals surface area contributed by atoms with Crippen LogP contribution >= 0.6 is 23.2 Å². The molecule has 1 heterocycles. The molecule has 0 amide bonds. The van der Waals surface area contributed by atoms with Crippen LogP contribution in [0.4, 0.5) is 5.69 Å². The van der Waals surface area contributed by atoms with Crippen molar-refractivity contribution >= 4 is 56.6 Å². The van der Waals surface area contributed by atoms with Crippen LogP contribution in [0.3, 0.4) is 0 Å². The third kappa shape index (κ3) is 10.0. The fraction of sp³-hybridized carbons (Fsp3) is 0.387. The fourth-order valence-corrected chi connectivity index (χ4v) is 6.19. The topological polar surface area (TPSA) is 158 Å². The van der Waals surface area contributed by atoms with Crippen molar-refractivity contribution < 1.29 is 36.7 Å². The molecule has 0 fully saturated rings. The second-order valence-corrected chi connectivity index (χ2v) is 13.6. The average Bonchev–Trinajstić information content (AvgIpc) is 3.46. The minimum atomic E-state index is -4.24. The third-order valence-corrected chi connectivity index (χ3v) is 8.37. The normalized spacial score (nSPS) is 13.3. The van der Waals surface area contributed by atoms with Crippen molar-refractivity contribution in [3.8, 4) is 0 Å². The van der Waals surface area contributed by atoms with E-state index >= 15 is 0 Å². The van der Waals surface area contributed by atoms with E-state index in [2.05, 4.69) is 5.32 Å². The number of halogens is 2. The maximum Gasteiger partial charge on any atom is 0.340 e. The van der Waals surface area contributed by atoms with Crippen LogP contribution in [0.2, 0.25) is 10.0 Å². The van der Waals surface area contributed by atoms with Crippen molar-refractivity contribution in [2.45, 2.75) is 76.7 Å². The van der Waals surface area contributed by atoms with Gasteiger partial charge in [0.05, 0.1) is 41.7 Å². The summed E-state index contributed by atoms with van der Waals surface area (Å²) in [4.78, 5) is 40.3. The first-order valence-corrected chi connectivity index (χ1v) is 16.4. The molecule has 0 aliphatic carbocycles. The van der Waals surface area contributed by atoms with Crippen molar-refractivity contribution in [3.05, 3.63) is 81.7 Å². The number of nitrogens with two attached hydrogens (primary N) is 1. The number of anilines is 1. The molecular formula is C31H37Cl2N3O8S. The van der Waals surface area contributed by atoms with Crippen LogP contribution in [-0.4, -0.2) is 55.5 Å². The molecule has 1 aromatic heterocycles. The van der Waals surface area contributed by atoms with Gasteiger partial charge in [-0.25, -0.2) is 18.4 Å². The van der Waals surface area contributed by atoms with Gasteiger partial charge < -0.3 is 19.2 Å². The van der Waals surface area contributed by atoms with Crippen LogP contribution in [0.5, 0.6) is 0 Å². The number of nitrogens with zero attached hydrogens (tertiary/aromatic N) is 1. The predicted octanol–water partition coefficient (Wildman–Crippen LogP) is 6.04. The summed E-state index contributed by atoms with van der Waals surface area (Å²) < 4.78 is 40.3. The highest BCUT2D eigenvalue weighted by Crippen LogP contribution is 2.30. The summed E-state index contributed by atoms with van der Waals surface area (Å²) in [7, 11) is -4.24. The van der Waals surface area contributed by atoms with E-state index in [1.54, 1.807) is 55.1 Å². The second kappa shape index (κ2) is 15.2. The summed E-state index contributed by atoms with van der Waals surface area (Å²) >= 11 is 12.2. The Bertz CT molecular complexity index is 1620. The lowest BCUT2D eigenvalue weighted by molar-refractivity contribution is -0.164. The van der Waals surface area contributed by atoms with Gasteiger partial charge in [-0.15, -0.1) is 0 Å². The van der Waals surface area contributed by atoms with Crippen LogP contribution in [0.15, 0.2) is 64.1 Å². The van der Waals surface area contributed by atoms with E-state index in [0.717, 1.165) is 6.07 Å². The number of ketones is 1. The Labute approximate surface area is 273 Å². The summed E-state index contributed by atoms with van der Waals surface area (Å²) in [5.74, 6) is -1.03. The summed E-state index contributed by atoms with van der Waals surface area (Å²) in [6.07, 6.45) is 0.760. The van der Waals surface area contributed by atoms with Crippen molar-refractivity contribution in [2.24, 2.45) is 5.14 Å². The first-order chi connectivity index (χ1) is 21.0. The molecule has 14 heteroatoms. The van der Waals surface area contributed by atoms with Gasteiger partial charge in [0.15, 0.2) is 12.0 Å². The van der Waals surface area contributed by atoms with E-state index in [-0.39, 0.29) is 48.0 Å². The van der Waals surface area contributed by atoms with Crippen molar-refractivity contribution in [1.29, 1.82) is 0 Å². The quantitative estimate of drug-likeness (QED) is 0.0888. The number of hydrogen-bond donors (Lipinski definition) is 2. The van der Waals surface area contributed by atoms with Gasteiger partial charge in [-0.05, 0) is 77.4 Å². The Hall–Kier alpha value is -3.42. The molecule has 3 rings (SSSR count). The Morgan fingerprint density at radius 1 is 1.07 bits per heavy atom. The molecule has 3 aromatic rings. The van der Waals surface area contributed by atoms with Crippen LogP contribution in [0.25, 0.3) is 0 Å². The number of nitrogens with one attached hydrogen (secondary N) is 1. The number of hydrogen-bond acceptors (Lipinski definition) is 10. The zero-order chi connectivity index (χ0) is 33.5. The highest BCUT2D eigenvalue weighted by atomic mass is 35.5. The molecule has 11 nitrogen and oxygen atoms in total. The third-order valence-electron chi connectivity index (χ3n) is 6.76. The van der Waals surface area contributed by atoms with Gasteiger partial charge in [0, 0.05) is 22.5 Å². The van der Waals surface area contributed by atoms with E-state index in [9.17, 15) is 22.8 Å². The number of sulfonamides is 1. The highest BCUT2D eigenvalue weighted by molar-refractivity contribution is 7.89. The van der Waals surface area contributed by atoms with E-state index in [1.807, 2.05) is 20.8 Å². The lowest BCUT2D eigenvalue weighted by atomic mass is 9.97. The first-order valence-electron chi connectivity index (χ1n) is 14.1. The molecule has 0 saturated heterocycles. The molecule has 0 unspecified atom stereocenters. The number of rotatable bonds is 14. The number of benzene rings is 2. The van der Waals surface area contributed by atoms with Crippen LogP contribution in [0, 0.1) is 0 Å². The van der Waals surface area contributed by atoms with E-state index in [1.165, 1.54) is 12.3 Å². The Morgan fingerprint density at radius 3 is 2.38 bits per heavy atom. The van der Waals surface area contributed by atoms with Gasteiger partial charge in [0.25, 0.3) is 0 Å². The minimum Gasteiger partial charge on any atom is -0.467 e. The number of carbonyl (C=O) groups is 3. The fourth-order valence-electron chi connectivity index (χ4n) is 4.90. The monoisotopic (exact) mass is 681 g/mol. The number of esters is 2. The number of carbonyl (C=O) groups excluding carboxylic acids is 3. The summed E-state index contributed by atoms with van der Waals surface area (Å²) in [5, 5.41) is 8.50. The number of Topliss-reactive ketones (excluding diaryl/α,β-unsaturated/α-hetero) is 1. The average molecular weight is 683 g/mol. The van der Waals surface area contributed by atoms with Crippen molar-refractivity contribution in [2.75, 3.05) is 11.9 Å². The Balaban J connectivity index is 1.62. The molecule has 3 N–H and O–H groups in total. The smallest absolute Gasteiger partial charge is 0.340 e. The summed E-state index contributed by atoms with van der Waals surface area (Å²) in [5.41, 5.74) is -0.0168. The largest absolute Gasteiger partial charge is 0.467 e. The predicted molar refractivity (Wildman–Crippen MR) is 171 cm³/mol. The molecule has 2 aromatic carbocycles. The minimum absolute atomic E-state index is 0.0845. The van der Waals surface area contributed by atoms with Gasteiger partial charge in [-0.1, -0.05) is 35.3 Å². The van der Waals surface area contributed by atoms with E-state index in [0.29, 0.717) is 16.3 Å². The SMILES string of the molecule is C[C@@H](OC(=O)CCCOC(=O)c1cc(S(N)(=O)=O)c(Cl)cc1NCc1ccco1)N([C@@H](C)C(=O)c1cccc(Cl)c1)C(C)(C)C. The molecule has 0 radical (unpaired) electrons. The summed E-state index contributed by atoms with van der Waals surface area (Å²) in [6.45, 7) is 9.17. The molecule has 0 aliphatic heterocycles. The zero-order valence-electron chi connectivity index (χ0n) is 25.6. The van der Waals surface area contributed by atoms with Crippen molar-refractivity contribution in [3.63, 3.8) is 0 Å². The molecule has 0 saturated carbocycles. The van der Waals surface area contributed by atoms with Crippen LogP contribution in [0.1, 0.15) is 73.9 Å². The molecule has 244 valence electrons. The standard InChI is InChI=1S/C31H37Cl2N3O8S/c1-19(29(38)21-9-6-10-22(32)15-21)36(31(3,4)5)20(2)44-28(37)12-8-14-43-30(39)24-16-27(45(34,40)41)25(33)17-26(24)35-18-23-11-7-13-42-23/h6-7,9-11,13,15-17,19-20,35H,8,12,14,18H2,1-5H3,(H2,34,40,41)/t19-,20+/m0/s1. The lowest BCUT2D eigenvalue weighted by Gasteiger charge is -2.42. The molecule has 0 aliphatic rings. The molecule has 0 bridgehead atoms. The van der Waals surface area contributed by atoms with Gasteiger partial charge in [-0.3, -0.25) is 14.5 Å². The zero-order valence-corrected chi connectivity index (χ0v) is 28.0. The van der Waals surface area contributed by atoms with Crippen LogP contribution in [-0.2, 0) is 30.8 Å². The van der Waals surface area contributed by atoms with Gasteiger partial charge in [-0.2, -0.15) is 0 Å². The first kappa shape index (κ1) is 36.1. The highest BCUT2D eigenvalue weighted by Gasteiger charge is 2.36. The maximum atomic E-state index is 13.2. The molecule has 2 atom stereocenters. The van der Waals surface area contributed by atoms with Gasteiger partial charge in [0.1, 0.15) is 10.7 Å². The molecular weight excluding hydrogens is 645 g/mol. The lowest BCUT2D eigenvalue weighted by Crippen LogP contribution is -2.55. The van der Waals surface area contributed by atoms with Gasteiger partial charge >= 0.3 is 11.9 Å². The van der Waals surface area contributed by atoms with Gasteiger partial charge in [0.2, 0.25) is 10.0 Å². The number of primary sulfonamides is 1. The van der Waals surface area contributed by atoms with Crippen molar-refractivity contribution in [1.82, 2.24) is 4.90 Å². The second-order valence-electron chi connectivity index (χ2n) is 11.3. The van der Waals surface area contributed by atoms with Crippen LogP contribution < -0.4 is 10.5 Å². The van der Waals surface area contributed by atoms with E-state index in [4.69, 9.17) is 42.2 Å².